The summed E-state index contributed by atoms with van der Waals surface area (Å²) < 4.78 is 0. The van der Waals surface area contributed by atoms with E-state index in [1.165, 1.54) is 0 Å². The van der Waals surface area contributed by atoms with Crippen LogP contribution in [0.1, 0.15) is 20.3 Å². The summed E-state index contributed by atoms with van der Waals surface area (Å²) in [6, 6.07) is 0. The van der Waals surface area contributed by atoms with Gasteiger partial charge in [0.2, 0.25) is 0 Å². The van der Waals surface area contributed by atoms with Gasteiger partial charge in [0.1, 0.15) is 0 Å². The van der Waals surface area contributed by atoms with E-state index in [1.54, 1.807) is 12.4 Å². The Hall–Kier alpha value is -0.830. The zero-order chi connectivity index (χ0) is 9.68. The maximum Gasteiger partial charge on any atom is 0.171 e. The minimum atomic E-state index is 0.436. The molecule has 0 amide bonds. The molecule has 0 aliphatic rings. The molecule has 1 heterocycles. The molecule has 0 fully saturated rings. The summed E-state index contributed by atoms with van der Waals surface area (Å²) in [7, 11) is 0. The summed E-state index contributed by atoms with van der Waals surface area (Å²) in [5.74, 6) is 1.29. The first-order chi connectivity index (χ1) is 6.24. The van der Waals surface area contributed by atoms with Crippen molar-refractivity contribution in [3.05, 3.63) is 17.5 Å². The van der Waals surface area contributed by atoms with Crippen molar-refractivity contribution < 1.29 is 0 Å². The van der Waals surface area contributed by atoms with Crippen LogP contribution in [0.2, 0.25) is 5.15 Å². The first kappa shape index (κ1) is 10.3. The Morgan fingerprint density at radius 1 is 1.46 bits per heavy atom. The van der Waals surface area contributed by atoms with Crippen LogP contribution < -0.4 is 5.32 Å². The number of anilines is 1. The molecule has 0 bridgehead atoms. The van der Waals surface area contributed by atoms with Crippen molar-refractivity contribution in [1.29, 1.82) is 0 Å². The van der Waals surface area contributed by atoms with Crippen molar-refractivity contribution >= 4 is 17.4 Å². The highest BCUT2D eigenvalue weighted by Crippen LogP contribution is 2.14. The molecule has 0 aliphatic carbocycles. The van der Waals surface area contributed by atoms with Crippen LogP contribution >= 0.6 is 11.6 Å². The van der Waals surface area contributed by atoms with Crippen LogP contribution in [-0.2, 0) is 0 Å². The summed E-state index contributed by atoms with van der Waals surface area (Å²) >= 11 is 5.81. The zero-order valence-corrected chi connectivity index (χ0v) is 8.67. The molecular weight excluding hydrogens is 186 g/mol. The Balaban J connectivity index is 2.50. The molecule has 1 aromatic rings. The van der Waals surface area contributed by atoms with E-state index in [4.69, 9.17) is 11.6 Å². The van der Waals surface area contributed by atoms with Crippen LogP contribution in [0.5, 0.6) is 0 Å². The highest BCUT2D eigenvalue weighted by molar-refractivity contribution is 6.31. The highest BCUT2D eigenvalue weighted by atomic mass is 35.5. The second-order valence-corrected chi connectivity index (χ2v) is 3.45. The van der Waals surface area contributed by atoms with E-state index < -0.39 is 0 Å². The van der Waals surface area contributed by atoms with E-state index in [1.807, 2.05) is 0 Å². The number of nitrogens with zero attached hydrogens (tertiary/aromatic N) is 2. The van der Waals surface area contributed by atoms with Gasteiger partial charge in [-0.25, -0.2) is 9.97 Å². The first-order valence-electron chi connectivity index (χ1n) is 4.44. The molecule has 4 heteroatoms. The monoisotopic (exact) mass is 199 g/mol. The summed E-state index contributed by atoms with van der Waals surface area (Å²) in [4.78, 5) is 8.00. The van der Waals surface area contributed by atoms with Crippen LogP contribution in [0.3, 0.4) is 0 Å². The zero-order valence-electron chi connectivity index (χ0n) is 7.92. The van der Waals surface area contributed by atoms with Gasteiger partial charge in [-0.15, -0.1) is 0 Å². The van der Waals surface area contributed by atoms with Gasteiger partial charge >= 0.3 is 0 Å². The molecular formula is C9H14ClN3. The van der Waals surface area contributed by atoms with Crippen molar-refractivity contribution in [3.63, 3.8) is 0 Å². The Labute approximate surface area is 83.5 Å². The van der Waals surface area contributed by atoms with Crippen LogP contribution in [0.15, 0.2) is 12.4 Å². The van der Waals surface area contributed by atoms with Crippen LogP contribution in [-0.4, -0.2) is 16.5 Å². The smallest absolute Gasteiger partial charge is 0.171 e. The maximum atomic E-state index is 5.81. The summed E-state index contributed by atoms with van der Waals surface area (Å²) in [6.07, 6.45) is 4.35. The lowest BCUT2D eigenvalue weighted by Crippen LogP contribution is -2.11. The van der Waals surface area contributed by atoms with Gasteiger partial charge < -0.3 is 5.32 Å². The number of rotatable bonds is 4. The molecule has 1 atom stereocenters. The molecule has 1 aromatic heterocycles. The Morgan fingerprint density at radius 2 is 2.15 bits per heavy atom. The number of hydrogen-bond acceptors (Lipinski definition) is 3. The third-order valence-corrected chi connectivity index (χ3v) is 2.25. The first-order valence-corrected chi connectivity index (χ1v) is 4.82. The van der Waals surface area contributed by atoms with Crippen LogP contribution in [0.25, 0.3) is 0 Å². The van der Waals surface area contributed by atoms with Crippen molar-refractivity contribution in [2.24, 2.45) is 5.92 Å². The average molecular weight is 200 g/mol. The lowest BCUT2D eigenvalue weighted by Gasteiger charge is -2.10. The largest absolute Gasteiger partial charge is 0.367 e. The van der Waals surface area contributed by atoms with E-state index >= 15 is 0 Å². The van der Waals surface area contributed by atoms with Gasteiger partial charge in [-0.05, 0) is 5.92 Å². The standard InChI is InChI=1S/C9H14ClN3/c1-3-7(2)6-13-9-8(10)11-4-5-12-9/h4-5,7H,3,6H2,1-2H3,(H,12,13). The second kappa shape index (κ2) is 5.02. The molecule has 3 nitrogen and oxygen atoms in total. The molecule has 0 radical (unpaired) electrons. The molecule has 0 spiro atoms. The summed E-state index contributed by atoms with van der Waals surface area (Å²) in [5, 5.41) is 3.59. The topological polar surface area (TPSA) is 37.8 Å². The number of aromatic nitrogens is 2. The van der Waals surface area contributed by atoms with Gasteiger partial charge in [-0.1, -0.05) is 31.9 Å². The van der Waals surface area contributed by atoms with Crippen molar-refractivity contribution in [2.75, 3.05) is 11.9 Å². The van der Waals surface area contributed by atoms with Crippen molar-refractivity contribution in [1.82, 2.24) is 9.97 Å². The SMILES string of the molecule is CCC(C)CNc1nccnc1Cl. The Bertz CT molecular complexity index is 265. The molecule has 0 aliphatic heterocycles. The van der Waals surface area contributed by atoms with Gasteiger partial charge in [-0.2, -0.15) is 0 Å². The van der Waals surface area contributed by atoms with Crippen molar-refractivity contribution in [2.45, 2.75) is 20.3 Å². The lowest BCUT2D eigenvalue weighted by atomic mass is 10.1. The Kier molecular flexibility index (Phi) is 3.96. The second-order valence-electron chi connectivity index (χ2n) is 3.09. The predicted octanol–water partition coefficient (Wildman–Crippen LogP) is 2.59. The van der Waals surface area contributed by atoms with E-state index in [0.29, 0.717) is 16.9 Å². The summed E-state index contributed by atoms with van der Waals surface area (Å²) in [6.45, 7) is 5.22. The normalized spacial score (nSPS) is 12.5. The molecule has 72 valence electrons. The van der Waals surface area contributed by atoms with E-state index in [9.17, 15) is 0 Å². The minimum absolute atomic E-state index is 0.436. The van der Waals surface area contributed by atoms with Crippen LogP contribution in [0.4, 0.5) is 5.82 Å². The molecule has 1 rings (SSSR count). The molecule has 0 aromatic carbocycles. The van der Waals surface area contributed by atoms with E-state index in [-0.39, 0.29) is 0 Å². The van der Waals surface area contributed by atoms with Gasteiger partial charge in [0.15, 0.2) is 11.0 Å². The van der Waals surface area contributed by atoms with E-state index in [0.717, 1.165) is 13.0 Å². The quantitative estimate of drug-likeness (QED) is 0.810. The lowest BCUT2D eigenvalue weighted by molar-refractivity contribution is 0.592. The van der Waals surface area contributed by atoms with E-state index in [2.05, 4.69) is 29.1 Å². The fourth-order valence-electron chi connectivity index (χ4n) is 0.855. The summed E-state index contributed by atoms with van der Waals surface area (Å²) in [5.41, 5.74) is 0. The fraction of sp³-hybridized carbons (Fsp3) is 0.556. The fourth-order valence-corrected chi connectivity index (χ4v) is 1.03. The van der Waals surface area contributed by atoms with Crippen molar-refractivity contribution in [3.8, 4) is 0 Å². The third-order valence-electron chi connectivity index (χ3n) is 1.97. The predicted molar refractivity (Wildman–Crippen MR) is 55.0 cm³/mol. The number of hydrogen-bond donors (Lipinski definition) is 1. The number of halogens is 1. The maximum absolute atomic E-state index is 5.81. The average Bonchev–Trinajstić information content (AvgIpc) is 2.16. The van der Waals surface area contributed by atoms with Gasteiger partial charge in [0.05, 0.1) is 0 Å². The Morgan fingerprint density at radius 3 is 2.77 bits per heavy atom. The third kappa shape index (κ3) is 3.19. The minimum Gasteiger partial charge on any atom is -0.367 e. The van der Waals surface area contributed by atoms with Gasteiger partial charge in [-0.3, -0.25) is 0 Å². The molecule has 13 heavy (non-hydrogen) atoms. The molecule has 1 unspecified atom stereocenters. The van der Waals surface area contributed by atoms with Gasteiger partial charge in [0.25, 0.3) is 0 Å². The number of nitrogens with one attached hydrogen (secondary N) is 1. The molecule has 1 N–H and O–H groups in total. The van der Waals surface area contributed by atoms with Gasteiger partial charge in [0, 0.05) is 18.9 Å². The molecule has 0 saturated heterocycles. The molecule has 0 saturated carbocycles. The van der Waals surface area contributed by atoms with Crippen LogP contribution in [0, 0.1) is 5.92 Å². The highest BCUT2D eigenvalue weighted by Gasteiger charge is 2.02.